The number of hydrogen-bond donors (Lipinski definition) is 2. The van der Waals surface area contributed by atoms with Crippen LogP contribution in [0.25, 0.3) is 0 Å². The van der Waals surface area contributed by atoms with Gasteiger partial charge in [0.15, 0.2) is 0 Å². The second-order valence-corrected chi connectivity index (χ2v) is 6.95. The van der Waals surface area contributed by atoms with E-state index in [9.17, 15) is 4.79 Å². The highest BCUT2D eigenvalue weighted by atomic mass is 35.5. The molecule has 0 radical (unpaired) electrons. The quantitative estimate of drug-likeness (QED) is 0.873. The Bertz CT molecular complexity index is 441. The third-order valence-electron chi connectivity index (χ3n) is 3.81. The fourth-order valence-electron chi connectivity index (χ4n) is 2.78. The van der Waals surface area contributed by atoms with Crippen LogP contribution in [0.15, 0.2) is 6.07 Å². The maximum atomic E-state index is 12.0. The highest BCUT2D eigenvalue weighted by Gasteiger charge is 2.17. The Morgan fingerprint density at radius 1 is 1.55 bits per heavy atom. The second kappa shape index (κ2) is 8.01. The van der Waals surface area contributed by atoms with Gasteiger partial charge in [0.1, 0.15) is 0 Å². The summed E-state index contributed by atoms with van der Waals surface area (Å²) in [7, 11) is 0. The van der Waals surface area contributed by atoms with Crippen LogP contribution in [0, 0.1) is 13.8 Å². The van der Waals surface area contributed by atoms with E-state index >= 15 is 0 Å². The van der Waals surface area contributed by atoms with Gasteiger partial charge in [0.05, 0.1) is 6.04 Å². The molecular weight excluding hydrogens is 292 g/mol. The molecule has 0 saturated carbocycles. The first-order chi connectivity index (χ1) is 9.06. The predicted molar refractivity (Wildman–Crippen MR) is 87.9 cm³/mol. The van der Waals surface area contributed by atoms with Crippen LogP contribution < -0.4 is 10.6 Å². The average molecular weight is 317 g/mol. The molecule has 3 nitrogen and oxygen atoms in total. The molecule has 0 bridgehead atoms. The van der Waals surface area contributed by atoms with Crippen LogP contribution in [0.3, 0.4) is 0 Å². The van der Waals surface area contributed by atoms with E-state index in [1.165, 1.54) is 28.2 Å². The largest absolute Gasteiger partial charge is 0.350 e. The maximum Gasteiger partial charge on any atom is 0.220 e. The molecule has 2 atom stereocenters. The smallest absolute Gasteiger partial charge is 0.220 e. The molecule has 1 aliphatic heterocycles. The number of hydrogen-bond acceptors (Lipinski definition) is 3. The number of carbonyl (C=O) groups excluding carboxylic acids is 1. The van der Waals surface area contributed by atoms with E-state index in [4.69, 9.17) is 0 Å². The van der Waals surface area contributed by atoms with E-state index in [1.54, 1.807) is 11.3 Å². The Kier molecular flexibility index (Phi) is 7.00. The van der Waals surface area contributed by atoms with Gasteiger partial charge in [-0.1, -0.05) is 0 Å². The van der Waals surface area contributed by atoms with E-state index in [0.717, 1.165) is 13.0 Å². The van der Waals surface area contributed by atoms with Crippen molar-refractivity contribution in [3.8, 4) is 0 Å². The molecule has 2 rings (SSSR count). The lowest BCUT2D eigenvalue weighted by atomic mass is 10.1. The van der Waals surface area contributed by atoms with E-state index in [2.05, 4.69) is 37.5 Å². The van der Waals surface area contributed by atoms with Crippen molar-refractivity contribution in [2.24, 2.45) is 0 Å². The third kappa shape index (κ3) is 4.76. The Balaban J connectivity index is 0.00000200. The summed E-state index contributed by atoms with van der Waals surface area (Å²) in [6.07, 6.45) is 4.05. The number of thiophene rings is 1. The van der Waals surface area contributed by atoms with Crippen molar-refractivity contribution in [3.05, 3.63) is 21.4 Å². The summed E-state index contributed by atoms with van der Waals surface area (Å²) in [6.45, 7) is 7.41. The normalized spacial score (nSPS) is 19.4. The average Bonchev–Trinajstić information content (AvgIpc) is 2.96. The van der Waals surface area contributed by atoms with Crippen molar-refractivity contribution in [2.45, 2.75) is 58.5 Å². The third-order valence-corrected chi connectivity index (χ3v) is 4.79. The van der Waals surface area contributed by atoms with Gasteiger partial charge in [-0.25, -0.2) is 0 Å². The summed E-state index contributed by atoms with van der Waals surface area (Å²) in [5.74, 6) is 0.171. The highest BCUT2D eigenvalue weighted by molar-refractivity contribution is 7.12. The monoisotopic (exact) mass is 316 g/mol. The maximum absolute atomic E-state index is 12.0. The SMILES string of the molecule is Cc1cc(C(C)NC(=O)CCC2CCCN2)c(C)s1.Cl. The highest BCUT2D eigenvalue weighted by Crippen LogP contribution is 2.26. The van der Waals surface area contributed by atoms with Gasteiger partial charge < -0.3 is 10.6 Å². The van der Waals surface area contributed by atoms with Crippen LogP contribution in [-0.2, 0) is 4.79 Å². The van der Waals surface area contributed by atoms with Gasteiger partial charge in [-0.3, -0.25) is 4.79 Å². The zero-order valence-corrected chi connectivity index (χ0v) is 14.1. The molecule has 2 N–H and O–H groups in total. The molecule has 1 fully saturated rings. The topological polar surface area (TPSA) is 41.1 Å². The minimum Gasteiger partial charge on any atom is -0.350 e. The number of rotatable bonds is 5. The molecule has 1 aromatic rings. The number of carbonyl (C=O) groups is 1. The van der Waals surface area contributed by atoms with Crippen molar-refractivity contribution in [2.75, 3.05) is 6.54 Å². The van der Waals surface area contributed by atoms with E-state index < -0.39 is 0 Å². The van der Waals surface area contributed by atoms with Crippen molar-refractivity contribution >= 4 is 29.7 Å². The molecule has 1 aromatic heterocycles. The van der Waals surface area contributed by atoms with Crippen molar-refractivity contribution < 1.29 is 4.79 Å². The molecule has 0 spiro atoms. The van der Waals surface area contributed by atoms with Crippen LogP contribution in [0.1, 0.15) is 54.0 Å². The first kappa shape index (κ1) is 17.5. The van der Waals surface area contributed by atoms with Gasteiger partial charge in [-0.05, 0) is 58.2 Å². The van der Waals surface area contributed by atoms with E-state index in [0.29, 0.717) is 12.5 Å². The molecule has 5 heteroatoms. The molecular formula is C15H25ClN2OS. The van der Waals surface area contributed by atoms with Crippen LogP contribution in [0.4, 0.5) is 0 Å². The molecule has 0 aliphatic carbocycles. The van der Waals surface area contributed by atoms with E-state index in [-0.39, 0.29) is 24.4 Å². The number of aryl methyl sites for hydroxylation is 2. The standard InChI is InChI=1S/C15H24N2OS.ClH/c1-10-9-14(12(3)19-10)11(2)17-15(18)7-6-13-5-4-8-16-13;/h9,11,13,16H,4-8H2,1-3H3,(H,17,18);1H. The summed E-state index contributed by atoms with van der Waals surface area (Å²) in [5.41, 5.74) is 1.26. The zero-order chi connectivity index (χ0) is 13.8. The molecule has 1 amide bonds. The van der Waals surface area contributed by atoms with E-state index in [1.807, 2.05) is 0 Å². The Morgan fingerprint density at radius 3 is 2.85 bits per heavy atom. The number of halogens is 1. The van der Waals surface area contributed by atoms with Crippen LogP contribution in [0.2, 0.25) is 0 Å². The van der Waals surface area contributed by atoms with Gasteiger partial charge >= 0.3 is 0 Å². The minimum atomic E-state index is 0. The lowest BCUT2D eigenvalue weighted by Crippen LogP contribution is -2.29. The number of amides is 1. The summed E-state index contributed by atoms with van der Waals surface area (Å²) < 4.78 is 0. The summed E-state index contributed by atoms with van der Waals surface area (Å²) in [6, 6.07) is 2.85. The van der Waals surface area contributed by atoms with Crippen LogP contribution in [0.5, 0.6) is 0 Å². The Hall–Kier alpha value is -0.580. The fraction of sp³-hybridized carbons (Fsp3) is 0.667. The molecule has 2 unspecified atom stereocenters. The summed E-state index contributed by atoms with van der Waals surface area (Å²) in [4.78, 5) is 14.6. The molecule has 114 valence electrons. The summed E-state index contributed by atoms with van der Waals surface area (Å²) in [5, 5.41) is 6.55. The molecule has 0 aromatic carbocycles. The predicted octanol–water partition coefficient (Wildman–Crippen LogP) is 3.50. The summed E-state index contributed by atoms with van der Waals surface area (Å²) >= 11 is 1.80. The fourth-order valence-corrected chi connectivity index (χ4v) is 3.80. The van der Waals surface area contributed by atoms with Crippen molar-refractivity contribution in [3.63, 3.8) is 0 Å². The van der Waals surface area contributed by atoms with Gasteiger partial charge in [0, 0.05) is 22.2 Å². The molecule has 1 aliphatic rings. The number of nitrogens with one attached hydrogen (secondary N) is 2. The molecule has 20 heavy (non-hydrogen) atoms. The Morgan fingerprint density at radius 2 is 2.30 bits per heavy atom. The van der Waals surface area contributed by atoms with Crippen molar-refractivity contribution in [1.29, 1.82) is 0 Å². The van der Waals surface area contributed by atoms with Gasteiger partial charge in [-0.2, -0.15) is 0 Å². The second-order valence-electron chi connectivity index (χ2n) is 5.49. The minimum absolute atomic E-state index is 0. The first-order valence-electron chi connectivity index (χ1n) is 7.16. The van der Waals surface area contributed by atoms with Gasteiger partial charge in [0.2, 0.25) is 5.91 Å². The van der Waals surface area contributed by atoms with Gasteiger partial charge in [0.25, 0.3) is 0 Å². The molecule has 1 saturated heterocycles. The lowest BCUT2D eigenvalue weighted by molar-refractivity contribution is -0.121. The zero-order valence-electron chi connectivity index (χ0n) is 12.5. The van der Waals surface area contributed by atoms with Crippen LogP contribution >= 0.6 is 23.7 Å². The first-order valence-corrected chi connectivity index (χ1v) is 7.97. The van der Waals surface area contributed by atoms with Gasteiger partial charge in [-0.15, -0.1) is 23.7 Å². The van der Waals surface area contributed by atoms with Crippen molar-refractivity contribution in [1.82, 2.24) is 10.6 Å². The Labute approximate surface area is 131 Å². The van der Waals surface area contributed by atoms with Crippen LogP contribution in [-0.4, -0.2) is 18.5 Å². The molecule has 2 heterocycles. The lowest BCUT2D eigenvalue weighted by Gasteiger charge is -2.15.